The predicted molar refractivity (Wildman–Crippen MR) is 87.4 cm³/mol. The van der Waals surface area contributed by atoms with Gasteiger partial charge in [0.2, 0.25) is 0 Å². The normalized spacial score (nSPS) is 13.1. The summed E-state index contributed by atoms with van der Waals surface area (Å²) in [6, 6.07) is 8.24. The number of pyridine rings is 1. The molecule has 0 saturated heterocycles. The van der Waals surface area contributed by atoms with E-state index in [1.165, 1.54) is 18.6 Å². The van der Waals surface area contributed by atoms with Crippen LogP contribution in [0.5, 0.6) is 0 Å². The van der Waals surface area contributed by atoms with E-state index in [-0.39, 0.29) is 0 Å². The highest BCUT2D eigenvalue weighted by molar-refractivity contribution is 7.98. The Morgan fingerprint density at radius 2 is 2.15 bits per heavy atom. The fraction of sp³-hybridized carbons (Fsp3) is 0.375. The summed E-state index contributed by atoms with van der Waals surface area (Å²) < 4.78 is 0. The van der Waals surface area contributed by atoms with Crippen LogP contribution in [0.1, 0.15) is 31.4 Å². The maximum atomic E-state index is 4.88. The van der Waals surface area contributed by atoms with Crippen LogP contribution in [0.2, 0.25) is 0 Å². The second-order valence-electron chi connectivity index (χ2n) is 5.18. The number of para-hydroxylation sites is 1. The molecule has 104 valence electrons. The highest BCUT2D eigenvalue weighted by Crippen LogP contribution is 2.30. The van der Waals surface area contributed by atoms with E-state index >= 15 is 0 Å². The zero-order valence-electron chi connectivity index (χ0n) is 11.9. The molecule has 0 amide bonds. The summed E-state index contributed by atoms with van der Waals surface area (Å²) in [7, 11) is 0. The standard InChI is InChI=1S/C16H19N3S/c1-11(6-5-9-20-2)14-16-15(17-10-18-16)12-7-3-4-8-13(12)19-14/h3-4,7-8,10-11H,5-6,9H2,1-2H3,(H,17,18). The number of rotatable bonds is 5. The first-order valence-corrected chi connectivity index (χ1v) is 8.41. The smallest absolute Gasteiger partial charge is 0.0995 e. The number of nitrogens with zero attached hydrogens (tertiary/aromatic N) is 2. The van der Waals surface area contributed by atoms with Gasteiger partial charge in [-0.3, -0.25) is 4.98 Å². The zero-order chi connectivity index (χ0) is 13.9. The molecule has 0 saturated carbocycles. The van der Waals surface area contributed by atoms with Gasteiger partial charge in [0.15, 0.2) is 0 Å². The van der Waals surface area contributed by atoms with Crippen LogP contribution in [-0.4, -0.2) is 27.0 Å². The molecule has 3 nitrogen and oxygen atoms in total. The van der Waals surface area contributed by atoms with Gasteiger partial charge >= 0.3 is 0 Å². The summed E-state index contributed by atoms with van der Waals surface area (Å²) >= 11 is 1.91. The molecule has 1 unspecified atom stereocenters. The summed E-state index contributed by atoms with van der Waals surface area (Å²) in [5.41, 5.74) is 4.33. The maximum absolute atomic E-state index is 4.88. The van der Waals surface area contributed by atoms with Crippen LogP contribution < -0.4 is 0 Å². The minimum Gasteiger partial charge on any atom is -0.343 e. The van der Waals surface area contributed by atoms with E-state index in [9.17, 15) is 0 Å². The molecular weight excluding hydrogens is 266 g/mol. The van der Waals surface area contributed by atoms with Crippen molar-refractivity contribution in [3.8, 4) is 0 Å². The van der Waals surface area contributed by atoms with Gasteiger partial charge in [-0.25, -0.2) is 4.98 Å². The molecule has 20 heavy (non-hydrogen) atoms. The molecule has 3 rings (SSSR count). The molecular formula is C16H19N3S. The number of H-pyrrole nitrogens is 1. The number of aromatic nitrogens is 3. The molecule has 0 aliphatic carbocycles. The van der Waals surface area contributed by atoms with Crippen LogP contribution in [0.4, 0.5) is 0 Å². The number of aromatic amines is 1. The lowest BCUT2D eigenvalue weighted by Gasteiger charge is -2.12. The second-order valence-corrected chi connectivity index (χ2v) is 6.16. The molecule has 1 aromatic carbocycles. The summed E-state index contributed by atoms with van der Waals surface area (Å²) in [6.45, 7) is 2.26. The minimum atomic E-state index is 0.453. The van der Waals surface area contributed by atoms with Gasteiger partial charge < -0.3 is 4.98 Å². The van der Waals surface area contributed by atoms with E-state index in [2.05, 4.69) is 35.3 Å². The van der Waals surface area contributed by atoms with E-state index in [1.807, 2.05) is 23.9 Å². The zero-order valence-corrected chi connectivity index (χ0v) is 12.7. The average molecular weight is 285 g/mol. The third-order valence-corrected chi connectivity index (χ3v) is 4.44. The third-order valence-electron chi connectivity index (χ3n) is 3.75. The lowest BCUT2D eigenvalue weighted by atomic mass is 9.99. The Kier molecular flexibility index (Phi) is 3.92. The molecule has 3 aromatic rings. The number of nitrogens with one attached hydrogen (secondary N) is 1. The van der Waals surface area contributed by atoms with Crippen molar-refractivity contribution in [3.63, 3.8) is 0 Å². The van der Waals surface area contributed by atoms with Crippen molar-refractivity contribution in [2.45, 2.75) is 25.7 Å². The van der Waals surface area contributed by atoms with Crippen molar-refractivity contribution in [3.05, 3.63) is 36.3 Å². The second kappa shape index (κ2) is 5.83. The molecule has 0 radical (unpaired) electrons. The minimum absolute atomic E-state index is 0.453. The summed E-state index contributed by atoms with van der Waals surface area (Å²) in [4.78, 5) is 12.6. The molecule has 0 aliphatic rings. The monoisotopic (exact) mass is 285 g/mol. The fourth-order valence-corrected chi connectivity index (χ4v) is 3.13. The lowest BCUT2D eigenvalue weighted by molar-refractivity contribution is 0.658. The van der Waals surface area contributed by atoms with Crippen LogP contribution in [-0.2, 0) is 0 Å². The number of benzene rings is 1. The predicted octanol–water partition coefficient (Wildman–Crippen LogP) is 4.36. The Labute approximate surface area is 123 Å². The number of hydrogen-bond donors (Lipinski definition) is 1. The fourth-order valence-electron chi connectivity index (χ4n) is 2.68. The quantitative estimate of drug-likeness (QED) is 0.708. The van der Waals surface area contributed by atoms with Gasteiger partial charge in [0, 0.05) is 11.3 Å². The number of imidazole rings is 1. The third kappa shape index (κ3) is 2.40. The first-order chi connectivity index (χ1) is 9.81. The molecule has 1 atom stereocenters. The molecule has 0 aliphatic heterocycles. The van der Waals surface area contributed by atoms with Crippen molar-refractivity contribution in [2.24, 2.45) is 0 Å². The van der Waals surface area contributed by atoms with Gasteiger partial charge in [-0.15, -0.1) is 0 Å². The van der Waals surface area contributed by atoms with Gasteiger partial charge in [0.05, 0.1) is 28.6 Å². The molecule has 4 heteroatoms. The van der Waals surface area contributed by atoms with E-state index in [4.69, 9.17) is 4.98 Å². The maximum Gasteiger partial charge on any atom is 0.0995 e. The molecule has 2 heterocycles. The van der Waals surface area contributed by atoms with Gasteiger partial charge in [0.25, 0.3) is 0 Å². The Hall–Kier alpha value is -1.55. The van der Waals surface area contributed by atoms with Crippen molar-refractivity contribution < 1.29 is 0 Å². The molecule has 2 aromatic heterocycles. The van der Waals surface area contributed by atoms with E-state index in [1.54, 1.807) is 6.33 Å². The van der Waals surface area contributed by atoms with Crippen molar-refractivity contribution >= 4 is 33.7 Å². The Morgan fingerprint density at radius 3 is 3.00 bits per heavy atom. The van der Waals surface area contributed by atoms with Crippen LogP contribution in [0.25, 0.3) is 21.9 Å². The highest BCUT2D eigenvalue weighted by Gasteiger charge is 2.15. The lowest BCUT2D eigenvalue weighted by Crippen LogP contribution is -2.00. The topological polar surface area (TPSA) is 41.6 Å². The van der Waals surface area contributed by atoms with Gasteiger partial charge in [0.1, 0.15) is 0 Å². The first kappa shape index (κ1) is 13.4. The number of fused-ring (bicyclic) bond motifs is 3. The molecule has 0 bridgehead atoms. The van der Waals surface area contributed by atoms with Crippen LogP contribution in [0.15, 0.2) is 30.6 Å². The summed E-state index contributed by atoms with van der Waals surface area (Å²) in [5, 5.41) is 1.13. The van der Waals surface area contributed by atoms with Crippen molar-refractivity contribution in [1.82, 2.24) is 15.0 Å². The van der Waals surface area contributed by atoms with E-state index in [0.29, 0.717) is 5.92 Å². The summed E-state index contributed by atoms with van der Waals surface area (Å²) in [6.07, 6.45) is 6.33. The Balaban J connectivity index is 2.06. The van der Waals surface area contributed by atoms with Crippen molar-refractivity contribution in [1.29, 1.82) is 0 Å². The SMILES string of the molecule is CSCCCC(C)c1nc2ccccc2c2nc[nH]c12. The average Bonchev–Trinajstić information content (AvgIpc) is 2.96. The van der Waals surface area contributed by atoms with Crippen LogP contribution in [0, 0.1) is 0 Å². The first-order valence-electron chi connectivity index (χ1n) is 7.02. The Bertz CT molecular complexity index is 720. The van der Waals surface area contributed by atoms with Crippen LogP contribution in [0.3, 0.4) is 0 Å². The molecule has 0 fully saturated rings. The van der Waals surface area contributed by atoms with E-state index in [0.717, 1.165) is 27.6 Å². The van der Waals surface area contributed by atoms with Crippen LogP contribution >= 0.6 is 11.8 Å². The summed E-state index contributed by atoms with van der Waals surface area (Å²) in [5.74, 6) is 1.67. The van der Waals surface area contributed by atoms with Crippen molar-refractivity contribution in [2.75, 3.05) is 12.0 Å². The molecule has 1 N–H and O–H groups in total. The van der Waals surface area contributed by atoms with Gasteiger partial charge in [-0.1, -0.05) is 25.1 Å². The number of thioether (sulfide) groups is 1. The number of hydrogen-bond acceptors (Lipinski definition) is 3. The van der Waals surface area contributed by atoms with Gasteiger partial charge in [-0.2, -0.15) is 11.8 Å². The van der Waals surface area contributed by atoms with Gasteiger partial charge in [-0.05, 0) is 30.9 Å². The van der Waals surface area contributed by atoms with E-state index < -0.39 is 0 Å². The largest absolute Gasteiger partial charge is 0.343 e. The Morgan fingerprint density at radius 1 is 1.30 bits per heavy atom. The molecule has 0 spiro atoms. The highest BCUT2D eigenvalue weighted by atomic mass is 32.2.